The normalized spacial score (nSPS) is 10.7. The highest BCUT2D eigenvalue weighted by atomic mass is 16.6. The van der Waals surface area contributed by atoms with Crippen molar-refractivity contribution >= 4 is 22.5 Å². The van der Waals surface area contributed by atoms with Crippen LogP contribution in [-0.4, -0.2) is 33.8 Å². The second-order valence-corrected chi connectivity index (χ2v) is 5.77. The Morgan fingerprint density at radius 3 is 2.73 bits per heavy atom. The highest BCUT2D eigenvalue weighted by Crippen LogP contribution is 2.20. The Labute approximate surface area is 149 Å². The summed E-state index contributed by atoms with van der Waals surface area (Å²) in [5, 5.41) is 19.4. The first-order valence-electron chi connectivity index (χ1n) is 8.10. The predicted molar refractivity (Wildman–Crippen MR) is 96.1 cm³/mol. The Balaban J connectivity index is 1.47. The van der Waals surface area contributed by atoms with Crippen LogP contribution in [0, 0.1) is 17.0 Å². The average Bonchev–Trinajstić information content (AvgIpc) is 3.01. The van der Waals surface area contributed by atoms with Gasteiger partial charge in [-0.25, -0.2) is 0 Å². The second-order valence-electron chi connectivity index (χ2n) is 5.77. The van der Waals surface area contributed by atoms with Crippen LogP contribution in [0.4, 0.5) is 5.82 Å². The number of nitrogens with one attached hydrogen (secondary N) is 1. The van der Waals surface area contributed by atoms with Crippen molar-refractivity contribution in [3.8, 4) is 5.75 Å². The van der Waals surface area contributed by atoms with Gasteiger partial charge in [-0.1, -0.05) is 30.3 Å². The largest absolute Gasteiger partial charge is 0.484 e. The Kier molecular flexibility index (Phi) is 5.12. The van der Waals surface area contributed by atoms with Crippen LogP contribution in [0.2, 0.25) is 0 Å². The Bertz CT molecular complexity index is 951. The fourth-order valence-electron chi connectivity index (χ4n) is 2.57. The van der Waals surface area contributed by atoms with E-state index < -0.39 is 4.92 Å². The maximum absolute atomic E-state index is 11.9. The van der Waals surface area contributed by atoms with Gasteiger partial charge >= 0.3 is 5.82 Å². The predicted octanol–water partition coefficient (Wildman–Crippen LogP) is 2.45. The number of fused-ring (bicyclic) bond motifs is 1. The first kappa shape index (κ1) is 17.4. The molecule has 8 heteroatoms. The van der Waals surface area contributed by atoms with Crippen molar-refractivity contribution in [2.75, 3.05) is 13.2 Å². The fraction of sp³-hybridized carbons (Fsp3) is 0.222. The van der Waals surface area contributed by atoms with Crippen LogP contribution in [-0.2, 0) is 11.3 Å². The molecule has 0 spiro atoms. The molecule has 0 unspecified atom stereocenters. The number of rotatable bonds is 7. The summed E-state index contributed by atoms with van der Waals surface area (Å²) < 4.78 is 7.00. The highest BCUT2D eigenvalue weighted by molar-refractivity contribution is 5.84. The lowest BCUT2D eigenvalue weighted by atomic mass is 10.1. The van der Waals surface area contributed by atoms with Gasteiger partial charge in [0.15, 0.2) is 6.61 Å². The number of carbonyl (C=O) groups excluding carboxylic acids is 1. The van der Waals surface area contributed by atoms with Gasteiger partial charge in [0.05, 0.1) is 23.4 Å². The molecule has 0 aliphatic rings. The Hall–Kier alpha value is -3.42. The summed E-state index contributed by atoms with van der Waals surface area (Å²) in [6.45, 7) is 2.28. The molecule has 0 saturated heterocycles. The third-order valence-corrected chi connectivity index (χ3v) is 3.89. The zero-order valence-corrected chi connectivity index (χ0v) is 14.2. The number of aromatic nitrogens is 2. The molecular formula is C18H18N4O4. The Morgan fingerprint density at radius 1 is 1.23 bits per heavy atom. The molecule has 0 aliphatic carbocycles. The Morgan fingerprint density at radius 2 is 2.00 bits per heavy atom. The first-order chi connectivity index (χ1) is 12.5. The second kappa shape index (κ2) is 7.64. The molecule has 1 amide bonds. The van der Waals surface area contributed by atoms with E-state index in [1.807, 2.05) is 42.5 Å². The molecule has 3 rings (SSSR count). The maximum atomic E-state index is 11.9. The quantitative estimate of drug-likeness (QED) is 0.519. The van der Waals surface area contributed by atoms with E-state index in [9.17, 15) is 14.9 Å². The summed E-state index contributed by atoms with van der Waals surface area (Å²) >= 11 is 0. The molecule has 1 aromatic heterocycles. The SMILES string of the molecule is Cc1cc([N+](=O)[O-])nn1CCNC(=O)COc1ccc2ccccc2c1. The molecule has 3 aromatic rings. The number of nitro groups is 1. The molecule has 1 N–H and O–H groups in total. The number of nitrogens with zero attached hydrogens (tertiary/aromatic N) is 3. The number of carbonyl (C=O) groups is 1. The van der Waals surface area contributed by atoms with E-state index in [0.29, 0.717) is 24.5 Å². The van der Waals surface area contributed by atoms with Crippen LogP contribution < -0.4 is 10.1 Å². The van der Waals surface area contributed by atoms with Crippen molar-refractivity contribution in [1.29, 1.82) is 0 Å². The van der Waals surface area contributed by atoms with E-state index in [1.165, 1.54) is 10.7 Å². The van der Waals surface area contributed by atoms with Gasteiger partial charge in [0, 0.05) is 6.54 Å². The monoisotopic (exact) mass is 354 g/mol. The lowest BCUT2D eigenvalue weighted by molar-refractivity contribution is -0.389. The number of hydrogen-bond donors (Lipinski definition) is 1. The van der Waals surface area contributed by atoms with E-state index in [-0.39, 0.29) is 18.3 Å². The summed E-state index contributed by atoms with van der Waals surface area (Å²) in [5.41, 5.74) is 0.665. The summed E-state index contributed by atoms with van der Waals surface area (Å²) in [5.74, 6) is 0.156. The van der Waals surface area contributed by atoms with Crippen molar-refractivity contribution in [2.45, 2.75) is 13.5 Å². The zero-order chi connectivity index (χ0) is 18.5. The maximum Gasteiger partial charge on any atom is 0.390 e. The number of benzene rings is 2. The minimum absolute atomic E-state index is 0.101. The molecule has 0 aliphatic heterocycles. The molecule has 134 valence electrons. The molecule has 0 radical (unpaired) electrons. The van der Waals surface area contributed by atoms with Crippen LogP contribution in [0.5, 0.6) is 5.75 Å². The molecule has 1 heterocycles. The van der Waals surface area contributed by atoms with Crippen LogP contribution >= 0.6 is 0 Å². The summed E-state index contributed by atoms with van der Waals surface area (Å²) in [7, 11) is 0. The van der Waals surface area contributed by atoms with Crippen molar-refractivity contribution in [3.63, 3.8) is 0 Å². The number of ether oxygens (including phenoxy) is 1. The smallest absolute Gasteiger partial charge is 0.390 e. The van der Waals surface area contributed by atoms with E-state index in [1.54, 1.807) is 6.92 Å². The lowest BCUT2D eigenvalue weighted by Crippen LogP contribution is -2.31. The minimum atomic E-state index is -0.542. The van der Waals surface area contributed by atoms with E-state index in [4.69, 9.17) is 4.74 Å². The van der Waals surface area contributed by atoms with Gasteiger partial charge in [-0.3, -0.25) is 4.79 Å². The first-order valence-corrected chi connectivity index (χ1v) is 8.10. The molecule has 0 saturated carbocycles. The van der Waals surface area contributed by atoms with Crippen LogP contribution in [0.15, 0.2) is 48.5 Å². The third-order valence-electron chi connectivity index (χ3n) is 3.89. The van der Waals surface area contributed by atoms with Crippen LogP contribution in [0.25, 0.3) is 10.8 Å². The molecule has 2 aromatic carbocycles. The summed E-state index contributed by atoms with van der Waals surface area (Å²) in [6, 6.07) is 14.9. The van der Waals surface area contributed by atoms with Crippen LogP contribution in [0.3, 0.4) is 0 Å². The van der Waals surface area contributed by atoms with Crippen molar-refractivity contribution in [3.05, 3.63) is 64.3 Å². The highest BCUT2D eigenvalue weighted by Gasteiger charge is 2.15. The summed E-state index contributed by atoms with van der Waals surface area (Å²) in [4.78, 5) is 22.0. The number of aryl methyl sites for hydroxylation is 1. The van der Waals surface area contributed by atoms with Crippen molar-refractivity contribution < 1.29 is 14.5 Å². The lowest BCUT2D eigenvalue weighted by Gasteiger charge is -2.08. The van der Waals surface area contributed by atoms with Crippen molar-refractivity contribution in [1.82, 2.24) is 15.1 Å². The van der Waals surface area contributed by atoms with Gasteiger partial charge < -0.3 is 20.2 Å². The van der Waals surface area contributed by atoms with Gasteiger partial charge in [0.2, 0.25) is 0 Å². The summed E-state index contributed by atoms with van der Waals surface area (Å²) in [6.07, 6.45) is 0. The number of amides is 1. The molecule has 8 nitrogen and oxygen atoms in total. The zero-order valence-electron chi connectivity index (χ0n) is 14.2. The van der Waals surface area contributed by atoms with Crippen molar-refractivity contribution in [2.24, 2.45) is 0 Å². The van der Waals surface area contributed by atoms with E-state index in [0.717, 1.165) is 10.8 Å². The van der Waals surface area contributed by atoms with Gasteiger partial charge in [0.25, 0.3) is 5.91 Å². The molecule has 0 bridgehead atoms. The minimum Gasteiger partial charge on any atom is -0.484 e. The number of hydrogen-bond acceptors (Lipinski definition) is 5. The van der Waals surface area contributed by atoms with Gasteiger partial charge in [0.1, 0.15) is 5.75 Å². The molecular weight excluding hydrogens is 336 g/mol. The van der Waals surface area contributed by atoms with E-state index in [2.05, 4.69) is 10.4 Å². The standard InChI is InChI=1S/C18H18N4O4/c1-13-10-17(22(24)25)20-21(13)9-8-19-18(23)12-26-16-7-6-14-4-2-3-5-15(14)11-16/h2-7,10-11H,8-9,12H2,1H3,(H,19,23). The average molecular weight is 354 g/mol. The molecule has 0 fully saturated rings. The van der Waals surface area contributed by atoms with Gasteiger partial charge in [-0.05, 0) is 34.8 Å². The van der Waals surface area contributed by atoms with E-state index >= 15 is 0 Å². The third kappa shape index (κ3) is 4.15. The van der Waals surface area contributed by atoms with Gasteiger partial charge in [-0.2, -0.15) is 4.68 Å². The van der Waals surface area contributed by atoms with Crippen LogP contribution in [0.1, 0.15) is 5.69 Å². The topological polar surface area (TPSA) is 99.3 Å². The fourth-order valence-corrected chi connectivity index (χ4v) is 2.57. The van der Waals surface area contributed by atoms with Gasteiger partial charge in [-0.15, -0.1) is 0 Å². The molecule has 0 atom stereocenters. The molecule has 26 heavy (non-hydrogen) atoms.